The van der Waals surface area contributed by atoms with Gasteiger partial charge >= 0.3 is 0 Å². The Kier molecular flexibility index (Phi) is 5.69. The topological polar surface area (TPSA) is 59.9 Å². The number of aromatic nitrogens is 1. The van der Waals surface area contributed by atoms with Gasteiger partial charge in [0.05, 0.1) is 6.07 Å². The number of hydrogen-bond acceptors (Lipinski definition) is 3. The third-order valence-corrected chi connectivity index (χ3v) is 5.09. The number of H-pyrrole nitrogens is 1. The van der Waals surface area contributed by atoms with Crippen LogP contribution in [0, 0.1) is 17.1 Å². The van der Waals surface area contributed by atoms with Crippen molar-refractivity contribution in [3.05, 3.63) is 118 Å². The molecule has 0 aliphatic carbocycles. The summed E-state index contributed by atoms with van der Waals surface area (Å²) in [7, 11) is 0. The van der Waals surface area contributed by atoms with Gasteiger partial charge in [-0.2, -0.15) is 5.26 Å². The van der Waals surface area contributed by atoms with Gasteiger partial charge in [0, 0.05) is 24.2 Å². The van der Waals surface area contributed by atoms with E-state index in [0.717, 1.165) is 22.0 Å². The number of nitriles is 1. The van der Waals surface area contributed by atoms with Crippen LogP contribution in [0.25, 0.3) is 10.9 Å². The first-order valence-corrected chi connectivity index (χ1v) is 9.68. The van der Waals surface area contributed by atoms with E-state index in [-0.39, 0.29) is 11.4 Å². The van der Waals surface area contributed by atoms with E-state index in [9.17, 15) is 14.4 Å². The average Bonchev–Trinajstić information content (AvgIpc) is 2.77. The van der Waals surface area contributed by atoms with E-state index >= 15 is 0 Å². The fraction of sp³-hybridized carbons (Fsp3) is 0.120. The monoisotopic (exact) mass is 397 g/mol. The van der Waals surface area contributed by atoms with E-state index in [0.29, 0.717) is 18.7 Å². The number of pyridine rings is 1. The van der Waals surface area contributed by atoms with Gasteiger partial charge in [0.15, 0.2) is 0 Å². The van der Waals surface area contributed by atoms with Gasteiger partial charge in [-0.3, -0.25) is 9.69 Å². The van der Waals surface area contributed by atoms with Crippen molar-refractivity contribution in [2.45, 2.75) is 19.1 Å². The number of para-hydroxylation sites is 1. The van der Waals surface area contributed by atoms with Crippen LogP contribution in [0.2, 0.25) is 0 Å². The number of rotatable bonds is 6. The first-order chi connectivity index (χ1) is 14.6. The highest BCUT2D eigenvalue weighted by molar-refractivity contribution is 5.78. The van der Waals surface area contributed by atoms with Gasteiger partial charge in [0.25, 0.3) is 5.56 Å². The summed E-state index contributed by atoms with van der Waals surface area (Å²) in [5, 5.41) is 10.9. The Labute approximate surface area is 173 Å². The predicted molar refractivity (Wildman–Crippen MR) is 115 cm³/mol. The molecular weight excluding hydrogens is 377 g/mol. The van der Waals surface area contributed by atoms with Gasteiger partial charge < -0.3 is 4.98 Å². The lowest BCUT2D eigenvalue weighted by Gasteiger charge is -2.27. The fourth-order valence-corrected chi connectivity index (χ4v) is 3.60. The molecule has 0 aliphatic rings. The number of nitrogens with one attached hydrogen (secondary N) is 1. The Hall–Kier alpha value is -3.75. The van der Waals surface area contributed by atoms with Crippen molar-refractivity contribution in [1.82, 2.24) is 9.88 Å². The summed E-state index contributed by atoms with van der Waals surface area (Å²) in [6.45, 7) is 0.877. The van der Waals surface area contributed by atoms with E-state index < -0.39 is 6.04 Å². The molecule has 5 heteroatoms. The summed E-state index contributed by atoms with van der Waals surface area (Å²) in [4.78, 5) is 17.6. The van der Waals surface area contributed by atoms with Crippen molar-refractivity contribution in [3.8, 4) is 6.07 Å². The number of aromatic amines is 1. The zero-order chi connectivity index (χ0) is 20.9. The summed E-state index contributed by atoms with van der Waals surface area (Å²) in [5.74, 6) is -0.309. The second kappa shape index (κ2) is 8.73. The van der Waals surface area contributed by atoms with Gasteiger partial charge in [0.1, 0.15) is 11.9 Å². The molecule has 0 bridgehead atoms. The number of fused-ring (bicyclic) bond motifs is 1. The van der Waals surface area contributed by atoms with Crippen molar-refractivity contribution in [2.24, 2.45) is 0 Å². The highest BCUT2D eigenvalue weighted by Gasteiger charge is 2.24. The fourth-order valence-electron chi connectivity index (χ4n) is 3.60. The van der Waals surface area contributed by atoms with Crippen molar-refractivity contribution >= 4 is 10.9 Å². The Balaban J connectivity index is 1.75. The molecule has 148 valence electrons. The molecule has 30 heavy (non-hydrogen) atoms. The van der Waals surface area contributed by atoms with Gasteiger partial charge in [0.2, 0.25) is 0 Å². The van der Waals surface area contributed by atoms with Crippen molar-refractivity contribution in [1.29, 1.82) is 5.26 Å². The van der Waals surface area contributed by atoms with Crippen LogP contribution in [0.4, 0.5) is 4.39 Å². The van der Waals surface area contributed by atoms with Crippen LogP contribution in [0.5, 0.6) is 0 Å². The van der Waals surface area contributed by atoms with Gasteiger partial charge in [-0.25, -0.2) is 4.39 Å². The summed E-state index contributed by atoms with van der Waals surface area (Å²) < 4.78 is 13.4. The molecule has 3 aromatic carbocycles. The molecule has 0 aliphatic heterocycles. The molecule has 0 radical (unpaired) electrons. The van der Waals surface area contributed by atoms with E-state index in [1.807, 2.05) is 59.5 Å². The van der Waals surface area contributed by atoms with E-state index in [1.165, 1.54) is 12.1 Å². The number of halogens is 1. The Morgan fingerprint density at radius 1 is 0.900 bits per heavy atom. The molecular formula is C25H20FN3O. The van der Waals surface area contributed by atoms with Gasteiger partial charge in [-0.05, 0) is 40.8 Å². The lowest BCUT2D eigenvalue weighted by atomic mass is 10.0. The highest BCUT2D eigenvalue weighted by atomic mass is 19.1. The molecule has 0 amide bonds. The summed E-state index contributed by atoms with van der Waals surface area (Å²) in [5.41, 5.74) is 2.74. The zero-order valence-electron chi connectivity index (χ0n) is 16.3. The predicted octanol–water partition coefficient (Wildman–Crippen LogP) is 4.93. The SMILES string of the molecule is N#CC(c1cc2ccccc2[nH]c1=O)N(Cc1ccccc1)Cc1ccc(F)cc1. The molecule has 1 atom stereocenters. The minimum Gasteiger partial charge on any atom is -0.322 e. The molecule has 4 aromatic rings. The maximum atomic E-state index is 13.4. The van der Waals surface area contributed by atoms with Crippen molar-refractivity contribution in [3.63, 3.8) is 0 Å². The minimum absolute atomic E-state index is 0.280. The normalized spacial score (nSPS) is 12.0. The molecule has 1 heterocycles. The summed E-state index contributed by atoms with van der Waals surface area (Å²) in [6, 6.07) is 26.8. The smallest absolute Gasteiger partial charge is 0.254 e. The molecule has 0 fully saturated rings. The van der Waals surface area contributed by atoms with Crippen LogP contribution < -0.4 is 5.56 Å². The number of nitrogens with zero attached hydrogens (tertiary/aromatic N) is 2. The van der Waals surface area contributed by atoms with E-state index in [4.69, 9.17) is 0 Å². The molecule has 1 N–H and O–H groups in total. The lowest BCUT2D eigenvalue weighted by molar-refractivity contribution is 0.216. The van der Waals surface area contributed by atoms with Crippen LogP contribution in [-0.2, 0) is 13.1 Å². The Bertz CT molecular complexity index is 1240. The maximum Gasteiger partial charge on any atom is 0.254 e. The van der Waals surface area contributed by atoms with Crippen LogP contribution in [-0.4, -0.2) is 9.88 Å². The summed E-state index contributed by atoms with van der Waals surface area (Å²) in [6.07, 6.45) is 0. The Morgan fingerprint density at radius 3 is 2.23 bits per heavy atom. The van der Waals surface area contributed by atoms with Crippen LogP contribution in [0.3, 0.4) is 0 Å². The average molecular weight is 397 g/mol. The standard InChI is InChI=1S/C25H20FN3O/c26-21-12-10-19(11-13-21)17-29(16-18-6-2-1-3-7-18)24(15-27)22-14-20-8-4-5-9-23(20)28-25(22)30/h1-14,24H,16-17H2,(H,28,30). The van der Waals surface area contributed by atoms with E-state index in [2.05, 4.69) is 11.1 Å². The molecule has 1 aromatic heterocycles. The third kappa shape index (κ3) is 4.29. The molecule has 0 saturated carbocycles. The molecule has 0 spiro atoms. The van der Waals surface area contributed by atoms with Crippen LogP contribution in [0.1, 0.15) is 22.7 Å². The quantitative estimate of drug-likeness (QED) is 0.502. The van der Waals surface area contributed by atoms with Crippen LogP contribution >= 0.6 is 0 Å². The molecule has 4 rings (SSSR count). The second-order valence-electron chi connectivity index (χ2n) is 7.19. The van der Waals surface area contributed by atoms with Crippen LogP contribution in [0.15, 0.2) is 89.7 Å². The van der Waals surface area contributed by atoms with Crippen molar-refractivity contribution < 1.29 is 4.39 Å². The zero-order valence-corrected chi connectivity index (χ0v) is 16.3. The Morgan fingerprint density at radius 2 is 1.53 bits per heavy atom. The maximum absolute atomic E-state index is 13.4. The van der Waals surface area contributed by atoms with Gasteiger partial charge in [-0.1, -0.05) is 60.7 Å². The first kappa shape index (κ1) is 19.6. The molecule has 1 unspecified atom stereocenters. The van der Waals surface area contributed by atoms with E-state index in [1.54, 1.807) is 18.2 Å². The lowest BCUT2D eigenvalue weighted by Crippen LogP contribution is -2.31. The number of benzene rings is 3. The van der Waals surface area contributed by atoms with Gasteiger partial charge in [-0.15, -0.1) is 0 Å². The second-order valence-corrected chi connectivity index (χ2v) is 7.19. The highest BCUT2D eigenvalue weighted by Crippen LogP contribution is 2.24. The third-order valence-electron chi connectivity index (χ3n) is 5.09. The molecule has 4 nitrogen and oxygen atoms in total. The summed E-state index contributed by atoms with van der Waals surface area (Å²) >= 11 is 0. The first-order valence-electron chi connectivity index (χ1n) is 9.68. The minimum atomic E-state index is -0.761. The number of hydrogen-bond donors (Lipinski definition) is 1. The largest absolute Gasteiger partial charge is 0.322 e. The molecule has 0 saturated heterocycles. The van der Waals surface area contributed by atoms with Crippen molar-refractivity contribution in [2.75, 3.05) is 0 Å².